The summed E-state index contributed by atoms with van der Waals surface area (Å²) < 4.78 is 11.0. The van der Waals surface area contributed by atoms with Crippen LogP contribution in [0.5, 0.6) is 5.75 Å². The van der Waals surface area contributed by atoms with Crippen LogP contribution in [-0.4, -0.2) is 71.1 Å². The number of thiophene rings is 1. The van der Waals surface area contributed by atoms with Crippen LogP contribution in [0.2, 0.25) is 0 Å². The van der Waals surface area contributed by atoms with Gasteiger partial charge in [0.15, 0.2) is 0 Å². The van der Waals surface area contributed by atoms with E-state index in [1.165, 1.54) is 0 Å². The Hall–Kier alpha value is -3.24. The van der Waals surface area contributed by atoms with Gasteiger partial charge in [-0.1, -0.05) is 24.6 Å². The average Bonchev–Trinajstić information content (AvgIpc) is 3.56. The van der Waals surface area contributed by atoms with Gasteiger partial charge in [0.2, 0.25) is 17.6 Å². The van der Waals surface area contributed by atoms with E-state index in [9.17, 15) is 9.59 Å². The van der Waals surface area contributed by atoms with E-state index in [2.05, 4.69) is 27.3 Å². The lowest BCUT2D eigenvalue weighted by molar-refractivity contribution is -0.131. The quantitative estimate of drug-likeness (QED) is 0.442. The molecule has 1 saturated heterocycles. The predicted octanol–water partition coefficient (Wildman–Crippen LogP) is 3.05. The maximum absolute atomic E-state index is 12.6. The first kappa shape index (κ1) is 23.9. The molecule has 0 bridgehead atoms. The minimum absolute atomic E-state index is 0.0264. The van der Waals surface area contributed by atoms with Crippen LogP contribution in [0.1, 0.15) is 36.0 Å². The molecule has 0 saturated carbocycles. The molecule has 3 heterocycles. The second-order valence-corrected chi connectivity index (χ2v) is 9.00. The van der Waals surface area contributed by atoms with Gasteiger partial charge in [-0.15, -0.1) is 11.3 Å². The molecule has 1 fully saturated rings. The lowest BCUT2D eigenvalue weighted by Gasteiger charge is -2.34. The number of benzene rings is 1. The summed E-state index contributed by atoms with van der Waals surface area (Å²) in [5.74, 6) is 1.54. The zero-order valence-corrected chi connectivity index (χ0v) is 20.1. The van der Waals surface area contributed by atoms with Crippen molar-refractivity contribution in [2.75, 3.05) is 39.3 Å². The van der Waals surface area contributed by atoms with Gasteiger partial charge >= 0.3 is 0 Å². The van der Waals surface area contributed by atoms with Crippen LogP contribution in [-0.2, 0) is 11.3 Å². The Balaban J connectivity index is 1.18. The van der Waals surface area contributed by atoms with Gasteiger partial charge in [-0.25, -0.2) is 0 Å². The van der Waals surface area contributed by atoms with Gasteiger partial charge in [-0.05, 0) is 42.1 Å². The maximum atomic E-state index is 12.6. The molecule has 1 aliphatic rings. The van der Waals surface area contributed by atoms with Gasteiger partial charge in [0.05, 0.1) is 24.6 Å². The number of hydrogen-bond acceptors (Lipinski definition) is 8. The predicted molar refractivity (Wildman–Crippen MR) is 129 cm³/mol. The molecule has 2 amide bonds. The third-order valence-corrected chi connectivity index (χ3v) is 6.44. The summed E-state index contributed by atoms with van der Waals surface area (Å²) in [6.07, 6.45) is 2.06. The lowest BCUT2D eigenvalue weighted by atomic mass is 10.2. The van der Waals surface area contributed by atoms with E-state index in [1.807, 2.05) is 17.5 Å². The number of amides is 2. The monoisotopic (exact) mass is 483 g/mol. The second-order valence-electron chi connectivity index (χ2n) is 8.06. The number of carbonyl (C=O) groups is 2. The molecule has 0 unspecified atom stereocenters. The van der Waals surface area contributed by atoms with Crippen LogP contribution in [0.3, 0.4) is 0 Å². The van der Waals surface area contributed by atoms with Crippen molar-refractivity contribution < 1.29 is 18.8 Å². The Morgan fingerprint density at radius 1 is 1.15 bits per heavy atom. The van der Waals surface area contributed by atoms with Gasteiger partial charge in [-0.2, -0.15) is 4.98 Å². The molecule has 2 aromatic heterocycles. The highest BCUT2D eigenvalue weighted by Crippen LogP contribution is 2.21. The molecule has 1 aliphatic heterocycles. The topological polar surface area (TPSA) is 101 Å². The van der Waals surface area contributed by atoms with Crippen molar-refractivity contribution in [2.45, 2.75) is 26.3 Å². The summed E-state index contributed by atoms with van der Waals surface area (Å²) in [4.78, 5) is 34.3. The van der Waals surface area contributed by atoms with Crippen LogP contribution < -0.4 is 10.1 Å². The Morgan fingerprint density at radius 2 is 1.94 bits per heavy atom. The van der Waals surface area contributed by atoms with Crippen molar-refractivity contribution in [3.63, 3.8) is 0 Å². The van der Waals surface area contributed by atoms with E-state index in [-0.39, 0.29) is 18.4 Å². The highest BCUT2D eigenvalue weighted by Gasteiger charge is 2.23. The van der Waals surface area contributed by atoms with Crippen molar-refractivity contribution in [3.05, 3.63) is 53.2 Å². The molecule has 0 atom stereocenters. The number of nitrogens with one attached hydrogen (secondary N) is 1. The molecule has 0 aliphatic carbocycles. The third kappa shape index (κ3) is 6.42. The van der Waals surface area contributed by atoms with Crippen molar-refractivity contribution in [1.82, 2.24) is 25.3 Å². The molecule has 0 spiro atoms. The Labute approximate surface area is 202 Å². The zero-order chi connectivity index (χ0) is 23.8. The number of piperazine rings is 1. The van der Waals surface area contributed by atoms with Gasteiger partial charge in [0, 0.05) is 31.7 Å². The van der Waals surface area contributed by atoms with Gasteiger partial charge in [0.1, 0.15) is 5.75 Å². The smallest absolute Gasteiger partial charge is 0.251 e. The van der Waals surface area contributed by atoms with Crippen molar-refractivity contribution in [1.29, 1.82) is 0 Å². The number of aromatic nitrogens is 2. The second kappa shape index (κ2) is 11.8. The van der Waals surface area contributed by atoms with Crippen LogP contribution >= 0.6 is 11.3 Å². The first-order chi connectivity index (χ1) is 16.6. The minimum Gasteiger partial charge on any atom is -0.494 e. The molecule has 34 heavy (non-hydrogen) atoms. The summed E-state index contributed by atoms with van der Waals surface area (Å²) in [6.45, 7) is 5.88. The fourth-order valence-corrected chi connectivity index (χ4v) is 4.23. The first-order valence-electron chi connectivity index (χ1n) is 11.5. The number of carbonyl (C=O) groups excluding carboxylic acids is 2. The average molecular weight is 484 g/mol. The Bertz CT molecular complexity index is 1060. The maximum Gasteiger partial charge on any atom is 0.251 e. The Kier molecular flexibility index (Phi) is 8.26. The molecule has 1 aromatic carbocycles. The van der Waals surface area contributed by atoms with Crippen molar-refractivity contribution >= 4 is 23.2 Å². The van der Waals surface area contributed by atoms with Crippen LogP contribution in [0, 0.1) is 0 Å². The highest BCUT2D eigenvalue weighted by molar-refractivity contribution is 7.13. The number of ether oxygens (including phenoxy) is 1. The highest BCUT2D eigenvalue weighted by atomic mass is 32.1. The normalized spacial score (nSPS) is 14.2. The number of unbranched alkanes of at least 4 members (excludes halogenated alkanes) is 1. The SMILES string of the molecule is CCCCOc1ccc(C(=O)NCC(=O)N2CCN(Cc3nc(-c4cccs4)no3)CC2)cc1. The molecule has 1 N–H and O–H groups in total. The van der Waals surface area contributed by atoms with Crippen molar-refractivity contribution in [3.8, 4) is 16.5 Å². The minimum atomic E-state index is -0.273. The zero-order valence-electron chi connectivity index (χ0n) is 19.2. The summed E-state index contributed by atoms with van der Waals surface area (Å²) >= 11 is 1.57. The van der Waals surface area contributed by atoms with E-state index in [1.54, 1.807) is 40.5 Å². The van der Waals surface area contributed by atoms with Gasteiger partial charge in [-0.3, -0.25) is 14.5 Å². The summed E-state index contributed by atoms with van der Waals surface area (Å²) in [5.41, 5.74) is 0.502. The summed E-state index contributed by atoms with van der Waals surface area (Å²) in [5, 5.41) is 8.73. The van der Waals surface area contributed by atoms with E-state index >= 15 is 0 Å². The molecule has 4 rings (SSSR count). The molecule has 3 aromatic rings. The molecule has 9 nitrogen and oxygen atoms in total. The summed E-state index contributed by atoms with van der Waals surface area (Å²) in [7, 11) is 0. The molecule has 10 heteroatoms. The third-order valence-electron chi connectivity index (χ3n) is 5.58. The van der Waals surface area contributed by atoms with Crippen LogP contribution in [0.15, 0.2) is 46.3 Å². The van der Waals surface area contributed by atoms with E-state index < -0.39 is 0 Å². The largest absolute Gasteiger partial charge is 0.494 e. The lowest BCUT2D eigenvalue weighted by Crippen LogP contribution is -2.50. The van der Waals surface area contributed by atoms with E-state index in [0.717, 1.165) is 23.5 Å². The summed E-state index contributed by atoms with van der Waals surface area (Å²) in [6, 6.07) is 10.9. The van der Waals surface area contributed by atoms with E-state index in [0.29, 0.717) is 56.6 Å². The first-order valence-corrected chi connectivity index (χ1v) is 12.4. The van der Waals surface area contributed by atoms with E-state index in [4.69, 9.17) is 9.26 Å². The van der Waals surface area contributed by atoms with Gasteiger partial charge < -0.3 is 19.5 Å². The van der Waals surface area contributed by atoms with Crippen LogP contribution in [0.25, 0.3) is 10.7 Å². The number of rotatable bonds is 10. The molecular weight excluding hydrogens is 454 g/mol. The van der Waals surface area contributed by atoms with Crippen LogP contribution in [0.4, 0.5) is 0 Å². The number of nitrogens with zero attached hydrogens (tertiary/aromatic N) is 4. The Morgan fingerprint density at radius 3 is 2.65 bits per heavy atom. The van der Waals surface area contributed by atoms with Crippen molar-refractivity contribution in [2.24, 2.45) is 0 Å². The standard InChI is InChI=1S/C24H29N5O4S/c1-2-3-14-32-19-8-6-18(7-9-19)24(31)25-16-22(30)29-12-10-28(11-13-29)17-21-26-23(27-33-21)20-5-4-15-34-20/h4-9,15H,2-3,10-14,16-17H2,1H3,(H,25,31). The fraction of sp³-hybridized carbons (Fsp3) is 0.417. The molecule has 0 radical (unpaired) electrons. The molecular formula is C24H29N5O4S. The molecule has 180 valence electrons. The fourth-order valence-electron chi connectivity index (χ4n) is 3.58. The number of hydrogen-bond donors (Lipinski definition) is 1. The van der Waals surface area contributed by atoms with Gasteiger partial charge in [0.25, 0.3) is 5.91 Å².